The molecule has 0 bridgehead atoms. The number of hydrogen-bond acceptors (Lipinski definition) is 4. The van der Waals surface area contributed by atoms with Gasteiger partial charge in [0, 0.05) is 18.7 Å². The zero-order valence-electron chi connectivity index (χ0n) is 12.7. The van der Waals surface area contributed by atoms with Gasteiger partial charge in [0.1, 0.15) is 0 Å². The van der Waals surface area contributed by atoms with E-state index in [0.717, 1.165) is 24.6 Å². The van der Waals surface area contributed by atoms with Gasteiger partial charge in [-0.25, -0.2) is 14.1 Å². The number of rotatable bonds is 4. The summed E-state index contributed by atoms with van der Waals surface area (Å²) in [5.41, 5.74) is 0.866. The number of pyridine rings is 1. The summed E-state index contributed by atoms with van der Waals surface area (Å²) in [5.74, 6) is 0.110. The van der Waals surface area contributed by atoms with Crippen molar-refractivity contribution < 1.29 is 14.3 Å². The topological polar surface area (TPSA) is 80.0 Å². The Morgan fingerprint density at radius 1 is 1.30 bits per heavy atom. The Bertz CT molecular complexity index is 663. The van der Waals surface area contributed by atoms with E-state index in [1.807, 2.05) is 6.07 Å². The Kier molecular flexibility index (Phi) is 4.66. The van der Waals surface area contributed by atoms with Crippen LogP contribution in [0.15, 0.2) is 30.7 Å². The molecule has 0 spiro atoms. The first-order valence-corrected chi connectivity index (χ1v) is 7.73. The van der Waals surface area contributed by atoms with Crippen LogP contribution in [0.25, 0.3) is 5.82 Å². The zero-order valence-corrected chi connectivity index (χ0v) is 12.7. The van der Waals surface area contributed by atoms with E-state index in [1.54, 1.807) is 12.3 Å². The minimum atomic E-state index is -0.416. The van der Waals surface area contributed by atoms with Gasteiger partial charge in [0.25, 0.3) is 0 Å². The summed E-state index contributed by atoms with van der Waals surface area (Å²) in [6, 6.07) is 3.55. The van der Waals surface area contributed by atoms with Crippen LogP contribution in [0.1, 0.15) is 31.2 Å². The Balaban J connectivity index is 1.53. The normalized spacial score (nSPS) is 21.1. The van der Waals surface area contributed by atoms with E-state index in [1.165, 1.54) is 10.9 Å². The first kappa shape index (κ1) is 15.6. The second-order valence-corrected chi connectivity index (χ2v) is 5.85. The average Bonchev–Trinajstić information content (AvgIpc) is 3.00. The molecule has 0 unspecified atom stereocenters. The Labute approximate surface area is 133 Å². The van der Waals surface area contributed by atoms with Gasteiger partial charge < -0.3 is 10.4 Å². The fourth-order valence-electron chi connectivity index (χ4n) is 2.75. The molecular weight excluding hydrogens is 299 g/mol. The summed E-state index contributed by atoms with van der Waals surface area (Å²) in [7, 11) is 0. The number of nitrogens with one attached hydrogen (secondary N) is 1. The summed E-state index contributed by atoms with van der Waals surface area (Å²) in [5, 5.41) is 16.2. The van der Waals surface area contributed by atoms with Crippen molar-refractivity contribution in [2.75, 3.05) is 0 Å². The van der Waals surface area contributed by atoms with E-state index in [4.69, 9.17) is 0 Å². The van der Waals surface area contributed by atoms with Gasteiger partial charge in [0.05, 0.1) is 18.5 Å². The lowest BCUT2D eigenvalue weighted by molar-refractivity contribution is -0.126. The van der Waals surface area contributed by atoms with Crippen LogP contribution in [0.4, 0.5) is 4.39 Å². The number of aromatic nitrogens is 3. The first-order valence-electron chi connectivity index (χ1n) is 7.73. The van der Waals surface area contributed by atoms with Crippen molar-refractivity contribution in [3.05, 3.63) is 42.1 Å². The van der Waals surface area contributed by atoms with Crippen LogP contribution in [0.3, 0.4) is 0 Å². The number of halogens is 1. The maximum atomic E-state index is 12.9. The van der Waals surface area contributed by atoms with Crippen LogP contribution >= 0.6 is 0 Å². The number of carbonyl (C=O) groups excluding carboxylic acids is 1. The molecule has 122 valence electrons. The van der Waals surface area contributed by atoms with Crippen LogP contribution in [0, 0.1) is 11.7 Å². The molecule has 6 nitrogen and oxygen atoms in total. The van der Waals surface area contributed by atoms with Crippen molar-refractivity contribution in [1.29, 1.82) is 0 Å². The number of hydrogen-bond donors (Lipinski definition) is 2. The second kappa shape index (κ2) is 6.87. The van der Waals surface area contributed by atoms with Crippen molar-refractivity contribution in [2.24, 2.45) is 5.92 Å². The molecule has 1 aliphatic carbocycles. The molecule has 0 aliphatic heterocycles. The van der Waals surface area contributed by atoms with Gasteiger partial charge in [0.2, 0.25) is 5.91 Å². The fraction of sp³-hybridized carbons (Fsp3) is 0.438. The number of aliphatic hydroxyl groups excluding tert-OH is 1. The van der Waals surface area contributed by atoms with Crippen LogP contribution in [-0.4, -0.2) is 31.9 Å². The van der Waals surface area contributed by atoms with Crippen LogP contribution in [0.2, 0.25) is 0 Å². The summed E-state index contributed by atoms with van der Waals surface area (Å²) in [4.78, 5) is 16.3. The quantitative estimate of drug-likeness (QED) is 0.897. The predicted octanol–water partition coefficient (Wildman–Crippen LogP) is 1.57. The molecule has 1 aliphatic rings. The van der Waals surface area contributed by atoms with Crippen molar-refractivity contribution in [3.8, 4) is 5.82 Å². The Morgan fingerprint density at radius 2 is 2.09 bits per heavy atom. The van der Waals surface area contributed by atoms with E-state index in [9.17, 15) is 14.3 Å². The monoisotopic (exact) mass is 318 g/mol. The van der Waals surface area contributed by atoms with E-state index >= 15 is 0 Å². The molecule has 0 aromatic carbocycles. The highest BCUT2D eigenvalue weighted by molar-refractivity contribution is 5.78. The van der Waals surface area contributed by atoms with Crippen molar-refractivity contribution >= 4 is 5.91 Å². The molecular formula is C16H19FN4O2. The molecule has 23 heavy (non-hydrogen) atoms. The molecule has 2 aromatic rings. The minimum absolute atomic E-state index is 0.0160. The average molecular weight is 318 g/mol. The highest BCUT2D eigenvalue weighted by Crippen LogP contribution is 2.24. The lowest BCUT2D eigenvalue weighted by Crippen LogP contribution is -2.33. The van der Waals surface area contributed by atoms with Crippen molar-refractivity contribution in [3.63, 3.8) is 0 Å². The van der Waals surface area contributed by atoms with E-state index in [0.29, 0.717) is 25.2 Å². The molecule has 0 saturated heterocycles. The number of amides is 1. The van der Waals surface area contributed by atoms with E-state index in [-0.39, 0.29) is 17.9 Å². The van der Waals surface area contributed by atoms with Gasteiger partial charge in [-0.05, 0) is 37.3 Å². The Morgan fingerprint density at radius 3 is 2.70 bits per heavy atom. The highest BCUT2D eigenvalue weighted by atomic mass is 19.1. The molecule has 1 fully saturated rings. The number of nitrogens with zero attached hydrogens (tertiary/aromatic N) is 3. The summed E-state index contributed by atoms with van der Waals surface area (Å²) >= 11 is 0. The van der Waals surface area contributed by atoms with Crippen molar-refractivity contribution in [1.82, 2.24) is 20.1 Å². The van der Waals surface area contributed by atoms with Crippen LogP contribution in [-0.2, 0) is 11.3 Å². The summed E-state index contributed by atoms with van der Waals surface area (Å²) < 4.78 is 14.3. The number of aliphatic hydroxyl groups is 1. The lowest BCUT2D eigenvalue weighted by Gasteiger charge is -2.24. The van der Waals surface area contributed by atoms with Gasteiger partial charge in [-0.15, -0.1) is 0 Å². The summed E-state index contributed by atoms with van der Waals surface area (Å²) in [6.07, 6.45) is 6.59. The molecule has 7 heteroatoms. The standard InChI is InChI=1S/C16H19FN4O2/c17-13-9-20-21(10-13)15-6-1-11(7-18-15)8-19-16(23)12-2-4-14(22)5-3-12/h1,6-7,9-10,12,14,22H,2-5,8H2,(H,19,23). The highest BCUT2D eigenvalue weighted by Gasteiger charge is 2.24. The third kappa shape index (κ3) is 3.92. The van der Waals surface area contributed by atoms with Crippen LogP contribution in [0.5, 0.6) is 0 Å². The molecule has 0 atom stereocenters. The minimum Gasteiger partial charge on any atom is -0.393 e. The zero-order chi connectivity index (χ0) is 16.2. The molecule has 1 saturated carbocycles. The molecule has 2 aromatic heterocycles. The smallest absolute Gasteiger partial charge is 0.223 e. The van der Waals surface area contributed by atoms with Crippen molar-refractivity contribution in [2.45, 2.75) is 38.3 Å². The third-order valence-electron chi connectivity index (χ3n) is 4.13. The maximum Gasteiger partial charge on any atom is 0.223 e. The fourth-order valence-corrected chi connectivity index (χ4v) is 2.75. The summed E-state index contributed by atoms with van der Waals surface area (Å²) in [6.45, 7) is 0.401. The van der Waals surface area contributed by atoms with Gasteiger partial charge in [-0.3, -0.25) is 4.79 Å². The van der Waals surface area contributed by atoms with E-state index < -0.39 is 5.82 Å². The number of carbonyl (C=O) groups is 1. The molecule has 2 heterocycles. The maximum absolute atomic E-state index is 12.9. The molecule has 1 amide bonds. The SMILES string of the molecule is O=C(NCc1ccc(-n2cc(F)cn2)nc1)C1CCC(O)CC1. The first-order chi connectivity index (χ1) is 11.1. The molecule has 3 rings (SSSR count). The Hall–Kier alpha value is -2.28. The predicted molar refractivity (Wildman–Crippen MR) is 81.1 cm³/mol. The third-order valence-corrected chi connectivity index (χ3v) is 4.13. The lowest BCUT2D eigenvalue weighted by atomic mass is 9.87. The van der Waals surface area contributed by atoms with E-state index in [2.05, 4.69) is 15.4 Å². The largest absolute Gasteiger partial charge is 0.393 e. The van der Waals surface area contributed by atoms with Gasteiger partial charge in [0.15, 0.2) is 11.6 Å². The molecule has 2 N–H and O–H groups in total. The van der Waals surface area contributed by atoms with Gasteiger partial charge in [-0.2, -0.15) is 5.10 Å². The van der Waals surface area contributed by atoms with Gasteiger partial charge >= 0.3 is 0 Å². The second-order valence-electron chi connectivity index (χ2n) is 5.85. The molecule has 0 radical (unpaired) electrons. The van der Waals surface area contributed by atoms with Crippen LogP contribution < -0.4 is 5.32 Å². The van der Waals surface area contributed by atoms with Gasteiger partial charge in [-0.1, -0.05) is 6.07 Å².